The summed E-state index contributed by atoms with van der Waals surface area (Å²) in [5.41, 5.74) is 5.50. The fourth-order valence-corrected chi connectivity index (χ4v) is 3.40. The predicted octanol–water partition coefficient (Wildman–Crippen LogP) is 1.73. The average Bonchev–Trinajstić information content (AvgIpc) is 2.35. The molecule has 0 amide bonds. The van der Waals surface area contributed by atoms with Gasteiger partial charge in [-0.1, -0.05) is 6.42 Å². The quantitative estimate of drug-likeness (QED) is 0.627. The van der Waals surface area contributed by atoms with E-state index in [1.165, 1.54) is 6.42 Å². The van der Waals surface area contributed by atoms with E-state index < -0.39 is 4.92 Å². The minimum Gasteiger partial charge on any atom is -0.378 e. The average molecular weight is 293 g/mol. The number of nitrogens with one attached hydrogen (secondary N) is 1. The van der Waals surface area contributed by atoms with Crippen LogP contribution in [-0.2, 0) is 4.74 Å². The first-order chi connectivity index (χ1) is 10.1. The first kappa shape index (κ1) is 14.0. The number of nitrogens with zero attached hydrogens (tertiary/aromatic N) is 3. The van der Waals surface area contributed by atoms with E-state index in [0.717, 1.165) is 32.1 Å². The molecule has 114 valence electrons. The maximum Gasteiger partial charge on any atom is 0.329 e. The van der Waals surface area contributed by atoms with Gasteiger partial charge in [0.15, 0.2) is 0 Å². The standard InChI is InChI=1S/C13H19N5O3/c1-2-21-10-6-9(13(10)4-3-5-13)16-12-15-7-8(18(19)20)11(14)17-12/h7,9-10H,2-6H2,1H3,(H3,14,15,16,17). The summed E-state index contributed by atoms with van der Waals surface area (Å²) < 4.78 is 5.78. The van der Waals surface area contributed by atoms with Crippen molar-refractivity contribution in [2.24, 2.45) is 5.41 Å². The van der Waals surface area contributed by atoms with Crippen molar-refractivity contribution in [3.8, 4) is 0 Å². The number of nitrogens with two attached hydrogens (primary N) is 1. The van der Waals surface area contributed by atoms with E-state index >= 15 is 0 Å². The third-order valence-electron chi connectivity index (χ3n) is 4.74. The predicted molar refractivity (Wildman–Crippen MR) is 76.8 cm³/mol. The Kier molecular flexibility index (Phi) is 3.40. The summed E-state index contributed by atoms with van der Waals surface area (Å²) in [7, 11) is 0. The zero-order valence-electron chi connectivity index (χ0n) is 11.9. The largest absolute Gasteiger partial charge is 0.378 e. The van der Waals surface area contributed by atoms with Crippen LogP contribution in [0.2, 0.25) is 0 Å². The van der Waals surface area contributed by atoms with Crippen LogP contribution >= 0.6 is 0 Å². The number of hydrogen-bond donors (Lipinski definition) is 2. The molecule has 0 radical (unpaired) electrons. The zero-order chi connectivity index (χ0) is 15.0. The molecule has 0 bridgehead atoms. The maximum absolute atomic E-state index is 10.7. The Hall–Kier alpha value is -1.96. The molecular formula is C13H19N5O3. The highest BCUT2D eigenvalue weighted by Crippen LogP contribution is 2.57. The van der Waals surface area contributed by atoms with Crippen LogP contribution < -0.4 is 11.1 Å². The van der Waals surface area contributed by atoms with Gasteiger partial charge in [0, 0.05) is 18.1 Å². The summed E-state index contributed by atoms with van der Waals surface area (Å²) >= 11 is 0. The lowest BCUT2D eigenvalue weighted by Crippen LogP contribution is -2.64. The number of ether oxygens (including phenoxy) is 1. The van der Waals surface area contributed by atoms with Gasteiger partial charge in [0.05, 0.1) is 11.0 Å². The number of anilines is 2. The van der Waals surface area contributed by atoms with Gasteiger partial charge in [-0.05, 0) is 26.2 Å². The number of hydrogen-bond acceptors (Lipinski definition) is 7. The summed E-state index contributed by atoms with van der Waals surface area (Å²) in [5, 5.41) is 14.0. The molecule has 2 unspecified atom stereocenters. The molecule has 2 atom stereocenters. The molecule has 0 aromatic carbocycles. The van der Waals surface area contributed by atoms with Crippen LogP contribution in [0, 0.1) is 15.5 Å². The van der Waals surface area contributed by atoms with Crippen molar-refractivity contribution >= 4 is 17.5 Å². The Morgan fingerprint density at radius 1 is 1.62 bits per heavy atom. The van der Waals surface area contributed by atoms with E-state index in [1.54, 1.807) is 0 Å². The lowest BCUT2D eigenvalue weighted by Gasteiger charge is -2.60. The highest BCUT2D eigenvalue weighted by atomic mass is 16.6. The van der Waals surface area contributed by atoms with E-state index in [9.17, 15) is 10.1 Å². The molecule has 0 aliphatic heterocycles. The lowest BCUT2D eigenvalue weighted by molar-refractivity contribution is -0.384. The first-order valence-electron chi connectivity index (χ1n) is 7.22. The maximum atomic E-state index is 10.7. The van der Waals surface area contributed by atoms with Crippen molar-refractivity contribution in [2.45, 2.75) is 44.8 Å². The Bertz CT molecular complexity index is 561. The van der Waals surface area contributed by atoms with Crippen molar-refractivity contribution in [1.82, 2.24) is 9.97 Å². The van der Waals surface area contributed by atoms with Crippen molar-refractivity contribution in [3.63, 3.8) is 0 Å². The highest BCUT2D eigenvalue weighted by Gasteiger charge is 2.59. The number of nitro groups is 1. The van der Waals surface area contributed by atoms with Crippen LogP contribution in [-0.4, -0.2) is 33.6 Å². The number of rotatable bonds is 5. The normalized spacial score (nSPS) is 26.0. The molecule has 2 saturated carbocycles. The molecule has 2 aliphatic rings. The van der Waals surface area contributed by atoms with Crippen LogP contribution in [0.15, 0.2) is 6.20 Å². The molecule has 2 aliphatic carbocycles. The second-order valence-electron chi connectivity index (χ2n) is 5.68. The van der Waals surface area contributed by atoms with Crippen LogP contribution in [0.25, 0.3) is 0 Å². The van der Waals surface area contributed by atoms with Gasteiger partial charge in [-0.2, -0.15) is 4.98 Å². The van der Waals surface area contributed by atoms with Crippen LogP contribution in [0.4, 0.5) is 17.5 Å². The van der Waals surface area contributed by atoms with Gasteiger partial charge in [-0.3, -0.25) is 10.1 Å². The van der Waals surface area contributed by atoms with Crippen LogP contribution in [0.3, 0.4) is 0 Å². The SMILES string of the molecule is CCOC1CC(Nc2ncc([N+](=O)[O-])c(N)n2)C12CCC2. The van der Waals surface area contributed by atoms with E-state index in [2.05, 4.69) is 15.3 Å². The summed E-state index contributed by atoms with van der Waals surface area (Å²) in [6.45, 7) is 2.73. The van der Waals surface area contributed by atoms with Gasteiger partial charge in [0.1, 0.15) is 6.20 Å². The van der Waals surface area contributed by atoms with Gasteiger partial charge in [0.25, 0.3) is 0 Å². The Labute approximate surface area is 122 Å². The summed E-state index contributed by atoms with van der Waals surface area (Å²) in [5.74, 6) is 0.241. The molecule has 1 aromatic heterocycles. The molecule has 3 rings (SSSR count). The van der Waals surface area contributed by atoms with Crippen molar-refractivity contribution < 1.29 is 9.66 Å². The Balaban J connectivity index is 1.70. The van der Waals surface area contributed by atoms with E-state index in [4.69, 9.17) is 10.5 Å². The number of aromatic nitrogens is 2. The Morgan fingerprint density at radius 3 is 2.90 bits per heavy atom. The van der Waals surface area contributed by atoms with E-state index in [1.807, 2.05) is 6.92 Å². The summed E-state index contributed by atoms with van der Waals surface area (Å²) in [4.78, 5) is 18.1. The van der Waals surface area contributed by atoms with Crippen LogP contribution in [0.1, 0.15) is 32.6 Å². The molecule has 2 fully saturated rings. The summed E-state index contributed by atoms with van der Waals surface area (Å²) in [6, 6.07) is 0.253. The minimum absolute atomic E-state index is 0.110. The number of nitrogen functional groups attached to an aromatic ring is 1. The smallest absolute Gasteiger partial charge is 0.329 e. The second-order valence-corrected chi connectivity index (χ2v) is 5.68. The third-order valence-corrected chi connectivity index (χ3v) is 4.74. The van der Waals surface area contributed by atoms with Gasteiger partial charge in [-0.15, -0.1) is 0 Å². The van der Waals surface area contributed by atoms with Crippen molar-refractivity contribution in [2.75, 3.05) is 17.7 Å². The van der Waals surface area contributed by atoms with Gasteiger partial charge < -0.3 is 15.8 Å². The van der Waals surface area contributed by atoms with Crippen molar-refractivity contribution in [1.29, 1.82) is 0 Å². The van der Waals surface area contributed by atoms with Gasteiger partial charge >= 0.3 is 5.69 Å². The Morgan fingerprint density at radius 2 is 2.38 bits per heavy atom. The highest BCUT2D eigenvalue weighted by molar-refractivity contribution is 5.53. The third kappa shape index (κ3) is 2.19. The lowest BCUT2D eigenvalue weighted by atomic mass is 9.51. The topological polar surface area (TPSA) is 116 Å². The van der Waals surface area contributed by atoms with Crippen LogP contribution in [0.5, 0.6) is 0 Å². The molecule has 1 aromatic rings. The fraction of sp³-hybridized carbons (Fsp3) is 0.692. The first-order valence-corrected chi connectivity index (χ1v) is 7.22. The minimum atomic E-state index is -0.582. The monoisotopic (exact) mass is 293 g/mol. The van der Waals surface area contributed by atoms with Crippen molar-refractivity contribution in [3.05, 3.63) is 16.3 Å². The molecule has 8 heteroatoms. The zero-order valence-corrected chi connectivity index (χ0v) is 11.9. The molecule has 0 saturated heterocycles. The molecule has 3 N–H and O–H groups in total. The van der Waals surface area contributed by atoms with Gasteiger partial charge in [-0.25, -0.2) is 4.98 Å². The molecular weight excluding hydrogens is 274 g/mol. The van der Waals surface area contributed by atoms with E-state index in [0.29, 0.717) is 12.1 Å². The second kappa shape index (κ2) is 5.10. The summed E-state index contributed by atoms with van der Waals surface area (Å²) in [6.07, 6.45) is 5.84. The van der Waals surface area contributed by atoms with Gasteiger partial charge in [0.2, 0.25) is 11.8 Å². The van der Waals surface area contributed by atoms with E-state index in [-0.39, 0.29) is 23.0 Å². The molecule has 8 nitrogen and oxygen atoms in total. The fourth-order valence-electron chi connectivity index (χ4n) is 3.40. The molecule has 21 heavy (non-hydrogen) atoms. The molecule has 1 heterocycles. The molecule has 1 spiro atoms.